The summed E-state index contributed by atoms with van der Waals surface area (Å²) < 4.78 is 20.5. The van der Waals surface area contributed by atoms with Crippen LogP contribution in [-0.2, 0) is 11.2 Å². The molecular weight excluding hydrogens is 367 g/mol. The van der Waals surface area contributed by atoms with E-state index in [1.807, 2.05) is 42.5 Å². The zero-order valence-corrected chi connectivity index (χ0v) is 16.2. The van der Waals surface area contributed by atoms with E-state index in [0.717, 1.165) is 41.2 Å². The Morgan fingerprint density at radius 3 is 2.93 bits per heavy atom. The molecule has 0 N–H and O–H groups in total. The average molecular weight is 388 g/mol. The van der Waals surface area contributed by atoms with Crippen molar-refractivity contribution in [3.63, 3.8) is 0 Å². The van der Waals surface area contributed by atoms with E-state index in [1.165, 1.54) is 0 Å². The summed E-state index contributed by atoms with van der Waals surface area (Å²) in [5.74, 6) is 0.305. The molecule has 0 unspecified atom stereocenters. The number of fused-ring (bicyclic) bond motifs is 1. The Hall–Kier alpha value is -3.12. The molecule has 1 atom stereocenters. The monoisotopic (exact) mass is 388 g/mol. The van der Waals surface area contributed by atoms with Crippen LogP contribution in [0.25, 0.3) is 28.6 Å². The molecule has 1 aliphatic heterocycles. The van der Waals surface area contributed by atoms with Crippen LogP contribution in [0.15, 0.2) is 48.8 Å². The summed E-state index contributed by atoms with van der Waals surface area (Å²) in [5, 5.41) is 0. The lowest BCUT2D eigenvalue weighted by Crippen LogP contribution is -2.44. The van der Waals surface area contributed by atoms with E-state index in [-0.39, 0.29) is 6.04 Å². The Bertz CT molecular complexity index is 1080. The molecule has 3 aromatic rings. The third kappa shape index (κ3) is 3.29. The summed E-state index contributed by atoms with van der Waals surface area (Å²) in [6.07, 6.45) is 8.13. The summed E-state index contributed by atoms with van der Waals surface area (Å²) in [6.45, 7) is 4.14. The maximum absolute atomic E-state index is 14.9. The Labute approximate surface area is 168 Å². The Morgan fingerprint density at radius 1 is 1.17 bits per heavy atom. The van der Waals surface area contributed by atoms with Gasteiger partial charge < -0.3 is 9.64 Å². The fourth-order valence-electron chi connectivity index (χ4n) is 3.98. The van der Waals surface area contributed by atoms with Crippen LogP contribution in [0.5, 0.6) is 0 Å². The van der Waals surface area contributed by atoms with E-state index in [4.69, 9.17) is 9.72 Å². The number of aromatic nitrogens is 3. The highest BCUT2D eigenvalue weighted by Crippen LogP contribution is 2.35. The van der Waals surface area contributed by atoms with Crippen LogP contribution in [0.4, 0.5) is 10.2 Å². The van der Waals surface area contributed by atoms with Gasteiger partial charge in [-0.1, -0.05) is 18.2 Å². The SMILES string of the molecule is C[C@@H]1COCCN1c1cc(-c2ccccn2)cc(-c2c(F)ncc3c2C=CC3)n1. The summed E-state index contributed by atoms with van der Waals surface area (Å²) in [6, 6.07) is 9.91. The molecule has 3 aromatic heterocycles. The van der Waals surface area contributed by atoms with Gasteiger partial charge in [0, 0.05) is 24.5 Å². The predicted octanol–water partition coefficient (Wildman–Crippen LogP) is 4.14. The lowest BCUT2D eigenvalue weighted by Gasteiger charge is -2.34. The minimum atomic E-state index is -0.498. The van der Waals surface area contributed by atoms with Crippen molar-refractivity contribution in [1.82, 2.24) is 15.0 Å². The first-order valence-electron chi connectivity index (χ1n) is 9.83. The van der Waals surface area contributed by atoms with E-state index in [2.05, 4.69) is 21.8 Å². The van der Waals surface area contributed by atoms with E-state index < -0.39 is 5.95 Å². The van der Waals surface area contributed by atoms with Crippen molar-refractivity contribution < 1.29 is 9.13 Å². The summed E-state index contributed by atoms with van der Waals surface area (Å²) in [7, 11) is 0. The van der Waals surface area contributed by atoms with Crippen LogP contribution in [0.1, 0.15) is 18.1 Å². The number of hydrogen-bond donors (Lipinski definition) is 0. The second kappa shape index (κ2) is 7.37. The first-order chi connectivity index (χ1) is 14.2. The smallest absolute Gasteiger partial charge is 0.222 e. The second-order valence-corrected chi connectivity index (χ2v) is 7.40. The molecule has 146 valence electrons. The molecule has 29 heavy (non-hydrogen) atoms. The normalized spacial score (nSPS) is 18.1. The van der Waals surface area contributed by atoms with Crippen molar-refractivity contribution in [2.75, 3.05) is 24.7 Å². The fraction of sp³-hybridized carbons (Fsp3) is 0.261. The van der Waals surface area contributed by atoms with Crippen molar-refractivity contribution in [3.05, 3.63) is 65.9 Å². The van der Waals surface area contributed by atoms with E-state index in [1.54, 1.807) is 12.4 Å². The molecule has 1 aliphatic carbocycles. The third-order valence-corrected chi connectivity index (χ3v) is 5.47. The van der Waals surface area contributed by atoms with Gasteiger partial charge in [0.2, 0.25) is 5.95 Å². The van der Waals surface area contributed by atoms with Crippen molar-refractivity contribution >= 4 is 11.9 Å². The fourth-order valence-corrected chi connectivity index (χ4v) is 3.98. The highest BCUT2D eigenvalue weighted by Gasteiger charge is 2.24. The molecule has 2 aliphatic rings. The van der Waals surface area contributed by atoms with Crippen molar-refractivity contribution in [2.45, 2.75) is 19.4 Å². The molecule has 5 rings (SSSR count). The van der Waals surface area contributed by atoms with Gasteiger partial charge in [-0.25, -0.2) is 9.97 Å². The Morgan fingerprint density at radius 2 is 2.10 bits per heavy atom. The maximum atomic E-state index is 14.9. The number of anilines is 1. The van der Waals surface area contributed by atoms with Gasteiger partial charge in [0.1, 0.15) is 5.82 Å². The third-order valence-electron chi connectivity index (χ3n) is 5.47. The molecule has 6 heteroatoms. The molecule has 0 amide bonds. The maximum Gasteiger partial charge on any atom is 0.222 e. The van der Waals surface area contributed by atoms with Crippen LogP contribution < -0.4 is 4.90 Å². The summed E-state index contributed by atoms with van der Waals surface area (Å²) in [4.78, 5) is 15.6. The summed E-state index contributed by atoms with van der Waals surface area (Å²) >= 11 is 0. The largest absolute Gasteiger partial charge is 0.377 e. The van der Waals surface area contributed by atoms with Gasteiger partial charge in [0.15, 0.2) is 0 Å². The Kier molecular flexibility index (Phi) is 4.56. The number of pyridine rings is 3. The lowest BCUT2D eigenvalue weighted by molar-refractivity contribution is 0.0985. The van der Waals surface area contributed by atoms with Crippen molar-refractivity contribution in [2.24, 2.45) is 0 Å². The van der Waals surface area contributed by atoms with Crippen LogP contribution >= 0.6 is 0 Å². The van der Waals surface area contributed by atoms with Crippen LogP contribution in [0.3, 0.4) is 0 Å². The average Bonchev–Trinajstić information content (AvgIpc) is 3.23. The van der Waals surface area contributed by atoms with Crippen molar-refractivity contribution in [1.29, 1.82) is 0 Å². The van der Waals surface area contributed by atoms with E-state index in [9.17, 15) is 4.39 Å². The molecule has 1 saturated heterocycles. The molecule has 5 nitrogen and oxygen atoms in total. The number of hydrogen-bond acceptors (Lipinski definition) is 5. The predicted molar refractivity (Wildman–Crippen MR) is 111 cm³/mol. The van der Waals surface area contributed by atoms with E-state index >= 15 is 0 Å². The number of morpholine rings is 1. The van der Waals surface area contributed by atoms with Crippen LogP contribution in [-0.4, -0.2) is 40.8 Å². The number of rotatable bonds is 3. The number of ether oxygens (including phenoxy) is 1. The molecule has 0 spiro atoms. The topological polar surface area (TPSA) is 51.1 Å². The van der Waals surface area contributed by atoms with Gasteiger partial charge in [-0.2, -0.15) is 4.39 Å². The van der Waals surface area contributed by atoms with Gasteiger partial charge in [0.05, 0.1) is 36.2 Å². The molecule has 1 fully saturated rings. The molecular formula is C23H21FN4O. The zero-order chi connectivity index (χ0) is 19.8. The molecule has 0 bridgehead atoms. The van der Waals surface area contributed by atoms with E-state index in [0.29, 0.717) is 24.5 Å². The highest BCUT2D eigenvalue weighted by molar-refractivity contribution is 5.80. The molecule has 0 saturated carbocycles. The Balaban J connectivity index is 1.71. The number of halogens is 1. The molecule has 0 radical (unpaired) electrons. The van der Waals surface area contributed by atoms with Gasteiger partial charge in [-0.15, -0.1) is 0 Å². The first-order valence-corrected chi connectivity index (χ1v) is 9.83. The van der Waals surface area contributed by atoms with Crippen LogP contribution in [0.2, 0.25) is 0 Å². The van der Waals surface area contributed by atoms with Gasteiger partial charge in [-0.3, -0.25) is 4.98 Å². The summed E-state index contributed by atoms with van der Waals surface area (Å²) in [5.41, 5.74) is 4.65. The minimum absolute atomic E-state index is 0.187. The van der Waals surface area contributed by atoms with Gasteiger partial charge >= 0.3 is 0 Å². The second-order valence-electron chi connectivity index (χ2n) is 7.40. The quantitative estimate of drug-likeness (QED) is 0.631. The molecule has 4 heterocycles. The van der Waals surface area contributed by atoms with Gasteiger partial charge in [0.25, 0.3) is 0 Å². The van der Waals surface area contributed by atoms with Gasteiger partial charge in [-0.05, 0) is 48.7 Å². The highest BCUT2D eigenvalue weighted by atomic mass is 19.1. The molecule has 0 aromatic carbocycles. The minimum Gasteiger partial charge on any atom is -0.377 e. The van der Waals surface area contributed by atoms with Crippen molar-refractivity contribution in [3.8, 4) is 22.5 Å². The van der Waals surface area contributed by atoms with Crippen LogP contribution in [0, 0.1) is 5.95 Å². The number of nitrogens with zero attached hydrogens (tertiary/aromatic N) is 4. The first kappa shape index (κ1) is 17.9. The number of allylic oxidation sites excluding steroid dienone is 1. The zero-order valence-electron chi connectivity index (χ0n) is 16.2. The lowest BCUT2D eigenvalue weighted by atomic mass is 10.0. The standard InChI is InChI=1S/C23H21FN4O/c1-15-14-29-10-9-28(15)21-12-17(19-7-2-3-8-25-19)11-20(27-21)22-18-6-4-5-16(18)13-26-23(22)24/h2-4,6-8,11-13,15H,5,9-10,14H2,1H3/t15-/m1/s1.